The van der Waals surface area contributed by atoms with Crippen molar-refractivity contribution >= 4 is 11.9 Å². The van der Waals surface area contributed by atoms with Gasteiger partial charge in [0.2, 0.25) is 0 Å². The molecule has 0 aromatic carbocycles. The molecule has 12 heavy (non-hydrogen) atoms. The Morgan fingerprint density at radius 2 is 1.50 bits per heavy atom. The van der Waals surface area contributed by atoms with E-state index in [1.165, 1.54) is 0 Å². The van der Waals surface area contributed by atoms with Crippen molar-refractivity contribution in [1.82, 2.24) is 0 Å². The second-order valence-electron chi connectivity index (χ2n) is 3.08. The van der Waals surface area contributed by atoms with Crippen LogP contribution in [0.25, 0.3) is 0 Å². The van der Waals surface area contributed by atoms with Gasteiger partial charge >= 0.3 is 11.9 Å². The smallest absolute Gasteiger partial charge is 0.332 e. The van der Waals surface area contributed by atoms with Gasteiger partial charge in [0, 0.05) is 11.1 Å². The molecule has 2 N–H and O–H groups in total. The van der Waals surface area contributed by atoms with Crippen LogP contribution < -0.4 is 0 Å². The summed E-state index contributed by atoms with van der Waals surface area (Å²) >= 11 is 0. The monoisotopic (exact) mass is 170 g/mol. The maximum atomic E-state index is 10.5. The third-order valence-electron chi connectivity index (χ3n) is 1.99. The third kappa shape index (κ3) is 1.47. The fourth-order valence-corrected chi connectivity index (χ4v) is 1.45. The summed E-state index contributed by atoms with van der Waals surface area (Å²) in [5, 5.41) is 17.3. The fourth-order valence-electron chi connectivity index (χ4n) is 1.45. The normalized spacial score (nSPS) is 18.4. The molecule has 0 unspecified atom stereocenters. The van der Waals surface area contributed by atoms with Crippen LogP contribution in [0.15, 0.2) is 11.1 Å². The van der Waals surface area contributed by atoms with E-state index in [2.05, 4.69) is 0 Å². The van der Waals surface area contributed by atoms with Crippen LogP contribution in [0.4, 0.5) is 0 Å². The van der Waals surface area contributed by atoms with Gasteiger partial charge < -0.3 is 10.2 Å². The number of carboxylic acid groups (broad SMARTS) is 2. The van der Waals surface area contributed by atoms with Gasteiger partial charge in [0.05, 0.1) is 0 Å². The molecule has 1 aliphatic rings. The van der Waals surface area contributed by atoms with E-state index < -0.39 is 11.9 Å². The predicted octanol–water partition coefficient (Wildman–Crippen LogP) is 0.882. The standard InChI is InChI=1S/C8H10O4/c1-4-2-5(7(9)10)6(3-4)8(11)12/h4H,2-3H2,1H3,(H,9,10)(H,11,12). The second kappa shape index (κ2) is 2.97. The lowest BCUT2D eigenvalue weighted by molar-refractivity contribution is -0.135. The molecule has 0 fully saturated rings. The molecule has 66 valence electrons. The molecule has 0 saturated heterocycles. The van der Waals surface area contributed by atoms with E-state index in [-0.39, 0.29) is 17.1 Å². The van der Waals surface area contributed by atoms with Crippen LogP contribution in [0.2, 0.25) is 0 Å². The zero-order valence-electron chi connectivity index (χ0n) is 6.70. The summed E-state index contributed by atoms with van der Waals surface area (Å²) in [7, 11) is 0. The molecule has 4 heteroatoms. The highest BCUT2D eigenvalue weighted by Gasteiger charge is 2.29. The van der Waals surface area contributed by atoms with Crippen molar-refractivity contribution in [3.05, 3.63) is 11.1 Å². The molecule has 0 spiro atoms. The SMILES string of the molecule is CC1CC(C(=O)O)=C(C(=O)O)C1. The molecule has 0 radical (unpaired) electrons. The maximum absolute atomic E-state index is 10.5. The Balaban J connectivity index is 2.96. The molecule has 0 aliphatic heterocycles. The largest absolute Gasteiger partial charge is 0.478 e. The van der Waals surface area contributed by atoms with Gasteiger partial charge in [0.1, 0.15) is 0 Å². The Bertz CT molecular complexity index is 238. The van der Waals surface area contributed by atoms with Crippen molar-refractivity contribution in [3.8, 4) is 0 Å². The average molecular weight is 170 g/mol. The van der Waals surface area contributed by atoms with Crippen LogP contribution in [0.3, 0.4) is 0 Å². The van der Waals surface area contributed by atoms with Crippen molar-refractivity contribution in [2.45, 2.75) is 19.8 Å². The molecule has 1 rings (SSSR count). The summed E-state index contributed by atoms with van der Waals surface area (Å²) in [5.74, 6) is -2.06. The van der Waals surface area contributed by atoms with Gasteiger partial charge in [-0.25, -0.2) is 9.59 Å². The van der Waals surface area contributed by atoms with Gasteiger partial charge in [-0.05, 0) is 18.8 Å². The number of aliphatic carboxylic acids is 2. The molecule has 0 aromatic heterocycles. The minimum Gasteiger partial charge on any atom is -0.478 e. The van der Waals surface area contributed by atoms with Gasteiger partial charge in [-0.2, -0.15) is 0 Å². The van der Waals surface area contributed by atoms with Crippen molar-refractivity contribution in [1.29, 1.82) is 0 Å². The minimum atomic E-state index is -1.10. The van der Waals surface area contributed by atoms with Crippen LogP contribution in [0, 0.1) is 5.92 Å². The lowest BCUT2D eigenvalue weighted by Gasteiger charge is -1.96. The molecular weight excluding hydrogens is 160 g/mol. The van der Waals surface area contributed by atoms with Crippen LogP contribution in [-0.2, 0) is 9.59 Å². The van der Waals surface area contributed by atoms with Crippen LogP contribution in [0.1, 0.15) is 19.8 Å². The van der Waals surface area contributed by atoms with E-state index in [0.717, 1.165) is 0 Å². The molecule has 1 aliphatic carbocycles. The zero-order chi connectivity index (χ0) is 9.30. The van der Waals surface area contributed by atoms with E-state index in [1.54, 1.807) is 0 Å². The lowest BCUT2D eigenvalue weighted by Crippen LogP contribution is -2.06. The van der Waals surface area contributed by atoms with Crippen LogP contribution in [0.5, 0.6) is 0 Å². The molecule has 0 atom stereocenters. The number of carboxylic acids is 2. The number of carbonyl (C=O) groups is 2. The van der Waals surface area contributed by atoms with Gasteiger partial charge in [-0.1, -0.05) is 6.92 Å². The maximum Gasteiger partial charge on any atom is 0.332 e. The molecule has 4 nitrogen and oxygen atoms in total. The molecule has 0 aromatic rings. The Labute approximate surface area is 69.5 Å². The summed E-state index contributed by atoms with van der Waals surface area (Å²) < 4.78 is 0. The Hall–Kier alpha value is -1.32. The van der Waals surface area contributed by atoms with E-state index in [0.29, 0.717) is 12.8 Å². The molecule has 0 heterocycles. The summed E-state index contributed by atoms with van der Waals surface area (Å²) in [6.45, 7) is 1.85. The first-order chi connectivity index (χ1) is 5.52. The van der Waals surface area contributed by atoms with E-state index in [4.69, 9.17) is 10.2 Å². The Kier molecular flexibility index (Phi) is 2.17. The third-order valence-corrected chi connectivity index (χ3v) is 1.99. The van der Waals surface area contributed by atoms with Crippen molar-refractivity contribution in [2.75, 3.05) is 0 Å². The number of rotatable bonds is 2. The van der Waals surface area contributed by atoms with Crippen molar-refractivity contribution < 1.29 is 19.8 Å². The van der Waals surface area contributed by atoms with Crippen LogP contribution >= 0.6 is 0 Å². The summed E-state index contributed by atoms with van der Waals surface area (Å²) in [5.41, 5.74) is 0.130. The second-order valence-corrected chi connectivity index (χ2v) is 3.08. The predicted molar refractivity (Wildman–Crippen MR) is 40.7 cm³/mol. The quantitative estimate of drug-likeness (QED) is 0.645. The first-order valence-electron chi connectivity index (χ1n) is 3.71. The summed E-state index contributed by atoms with van der Waals surface area (Å²) in [6.07, 6.45) is 0.744. The Morgan fingerprint density at radius 3 is 1.75 bits per heavy atom. The highest BCUT2D eigenvalue weighted by atomic mass is 16.4. The molecule has 0 saturated carbocycles. The van der Waals surface area contributed by atoms with E-state index in [1.807, 2.05) is 6.92 Å². The average Bonchev–Trinajstić information content (AvgIpc) is 2.31. The van der Waals surface area contributed by atoms with Gasteiger partial charge in [0.15, 0.2) is 0 Å². The van der Waals surface area contributed by atoms with Gasteiger partial charge in [0.25, 0.3) is 0 Å². The molecule has 0 bridgehead atoms. The Morgan fingerprint density at radius 1 is 1.17 bits per heavy atom. The highest BCUT2D eigenvalue weighted by Crippen LogP contribution is 2.31. The topological polar surface area (TPSA) is 74.6 Å². The minimum absolute atomic E-state index is 0.0648. The number of hydrogen-bond donors (Lipinski definition) is 2. The van der Waals surface area contributed by atoms with E-state index >= 15 is 0 Å². The summed E-state index contributed by atoms with van der Waals surface area (Å²) in [4.78, 5) is 21.1. The molecule has 0 amide bonds. The van der Waals surface area contributed by atoms with Crippen LogP contribution in [-0.4, -0.2) is 22.2 Å². The first kappa shape index (κ1) is 8.77. The molecular formula is C8H10O4. The van der Waals surface area contributed by atoms with Crippen molar-refractivity contribution in [3.63, 3.8) is 0 Å². The summed E-state index contributed by atoms with van der Waals surface area (Å²) in [6, 6.07) is 0. The lowest BCUT2D eigenvalue weighted by atomic mass is 10.1. The van der Waals surface area contributed by atoms with Gasteiger partial charge in [-0.3, -0.25) is 0 Å². The fraction of sp³-hybridized carbons (Fsp3) is 0.500. The van der Waals surface area contributed by atoms with Gasteiger partial charge in [-0.15, -0.1) is 0 Å². The first-order valence-corrected chi connectivity index (χ1v) is 3.71. The zero-order valence-corrected chi connectivity index (χ0v) is 6.70. The van der Waals surface area contributed by atoms with E-state index in [9.17, 15) is 9.59 Å². The van der Waals surface area contributed by atoms with Crippen molar-refractivity contribution in [2.24, 2.45) is 5.92 Å². The number of hydrogen-bond acceptors (Lipinski definition) is 2. The highest BCUT2D eigenvalue weighted by molar-refractivity contribution is 5.99.